The maximum absolute atomic E-state index is 12.1. The molecule has 0 amide bonds. The van der Waals surface area contributed by atoms with Gasteiger partial charge in [0, 0.05) is 12.0 Å². The first kappa shape index (κ1) is 16.8. The third-order valence-electron chi connectivity index (χ3n) is 5.25. The molecule has 1 aromatic rings. The number of benzene rings is 1. The van der Waals surface area contributed by atoms with Crippen molar-refractivity contribution in [1.29, 1.82) is 0 Å². The van der Waals surface area contributed by atoms with Crippen LogP contribution in [0.15, 0.2) is 30.0 Å². The van der Waals surface area contributed by atoms with Crippen molar-refractivity contribution in [3.05, 3.63) is 35.6 Å². The Bertz CT molecular complexity index is 666. The highest BCUT2D eigenvalue weighted by Crippen LogP contribution is 2.46. The highest BCUT2D eigenvalue weighted by molar-refractivity contribution is 5.93. The summed E-state index contributed by atoms with van der Waals surface area (Å²) in [4.78, 5) is 12.1. The van der Waals surface area contributed by atoms with Crippen LogP contribution in [-0.2, 0) is 20.7 Å². The van der Waals surface area contributed by atoms with Crippen LogP contribution in [0.4, 0.5) is 0 Å². The second-order valence-electron chi connectivity index (χ2n) is 6.63. The molecule has 5 heteroatoms. The largest absolute Gasteiger partial charge is 0.504 e. The molecule has 0 unspecified atom stereocenters. The third kappa shape index (κ3) is 2.77. The number of aromatic hydroxyl groups is 1. The number of hydrogen-bond acceptors (Lipinski definition) is 5. The maximum Gasteiger partial charge on any atom is 0.189 e. The molecule has 0 saturated carbocycles. The Morgan fingerprint density at radius 2 is 2.25 bits per heavy atom. The highest BCUT2D eigenvalue weighted by atomic mass is 16.7. The number of carbonyl (C=O) groups is 1. The summed E-state index contributed by atoms with van der Waals surface area (Å²) in [5.74, 6) is 1.46. The molecule has 2 aliphatic rings. The zero-order valence-corrected chi connectivity index (χ0v) is 14.4. The molecule has 1 aromatic carbocycles. The lowest BCUT2D eigenvalue weighted by Gasteiger charge is -2.38. The van der Waals surface area contributed by atoms with E-state index in [4.69, 9.17) is 14.2 Å². The van der Waals surface area contributed by atoms with Crippen LogP contribution in [0.1, 0.15) is 32.3 Å². The van der Waals surface area contributed by atoms with E-state index in [1.165, 1.54) is 7.11 Å². The minimum atomic E-state index is -0.551. The number of phenols is 1. The van der Waals surface area contributed by atoms with Gasteiger partial charge in [-0.1, -0.05) is 19.9 Å². The lowest BCUT2D eigenvalue weighted by atomic mass is 9.72. The van der Waals surface area contributed by atoms with Crippen molar-refractivity contribution in [1.82, 2.24) is 0 Å². The SMILES string of the molecule is CC[C@H]1C[C@]2([C@@H](C)Cc3ccc(OC)c(O)c3)OCOC2=CC1=O. The fourth-order valence-electron chi connectivity index (χ4n) is 3.74. The first-order valence-electron chi connectivity index (χ1n) is 8.38. The third-order valence-corrected chi connectivity index (χ3v) is 5.25. The molecule has 0 bridgehead atoms. The smallest absolute Gasteiger partial charge is 0.189 e. The van der Waals surface area contributed by atoms with E-state index < -0.39 is 5.60 Å². The molecular formula is C19H24O5. The van der Waals surface area contributed by atoms with Crippen molar-refractivity contribution in [2.24, 2.45) is 11.8 Å². The molecule has 0 radical (unpaired) electrons. The van der Waals surface area contributed by atoms with E-state index in [2.05, 4.69) is 6.92 Å². The van der Waals surface area contributed by atoms with Crippen LogP contribution in [0.3, 0.4) is 0 Å². The van der Waals surface area contributed by atoms with Crippen molar-refractivity contribution < 1.29 is 24.1 Å². The molecule has 1 saturated heterocycles. The zero-order chi connectivity index (χ0) is 17.3. The average Bonchev–Trinajstić information content (AvgIpc) is 2.98. The quantitative estimate of drug-likeness (QED) is 0.897. The monoisotopic (exact) mass is 332 g/mol. The Morgan fingerprint density at radius 3 is 2.92 bits per heavy atom. The van der Waals surface area contributed by atoms with E-state index in [1.807, 2.05) is 13.0 Å². The first-order chi connectivity index (χ1) is 11.5. The van der Waals surface area contributed by atoms with Crippen LogP contribution in [-0.4, -0.2) is 30.4 Å². The van der Waals surface area contributed by atoms with Crippen LogP contribution < -0.4 is 4.74 Å². The van der Waals surface area contributed by atoms with E-state index in [0.717, 1.165) is 12.0 Å². The molecule has 5 nitrogen and oxygen atoms in total. The Hall–Kier alpha value is -2.01. The van der Waals surface area contributed by atoms with Gasteiger partial charge in [-0.15, -0.1) is 0 Å². The summed E-state index contributed by atoms with van der Waals surface area (Å²) < 4.78 is 16.7. The lowest BCUT2D eigenvalue weighted by Crippen LogP contribution is -2.44. The van der Waals surface area contributed by atoms with Gasteiger partial charge >= 0.3 is 0 Å². The van der Waals surface area contributed by atoms with Crippen molar-refractivity contribution in [2.75, 3.05) is 13.9 Å². The minimum absolute atomic E-state index is 0.0258. The summed E-state index contributed by atoms with van der Waals surface area (Å²) in [7, 11) is 1.53. The molecule has 1 N–H and O–H groups in total. The number of rotatable bonds is 5. The van der Waals surface area contributed by atoms with Crippen LogP contribution in [0.5, 0.6) is 11.5 Å². The van der Waals surface area contributed by atoms with Gasteiger partial charge < -0.3 is 19.3 Å². The van der Waals surface area contributed by atoms with E-state index in [-0.39, 0.29) is 30.2 Å². The van der Waals surface area contributed by atoms with Crippen molar-refractivity contribution >= 4 is 5.78 Å². The van der Waals surface area contributed by atoms with E-state index in [9.17, 15) is 9.90 Å². The highest BCUT2D eigenvalue weighted by Gasteiger charge is 2.51. The number of methoxy groups -OCH3 is 1. The molecule has 130 valence electrons. The van der Waals surface area contributed by atoms with Gasteiger partial charge in [0.15, 0.2) is 24.1 Å². The standard InChI is InChI=1S/C19H24O5/c1-4-14-10-19(18(9-15(14)20)23-11-24-19)12(2)7-13-5-6-17(22-3)16(21)8-13/h5-6,8-9,12,14,21H,4,7,10-11H2,1-3H3/t12-,14-,19+/m0/s1. The van der Waals surface area contributed by atoms with Gasteiger partial charge in [0.2, 0.25) is 0 Å². The molecule has 1 fully saturated rings. The molecule has 1 aliphatic carbocycles. The fourth-order valence-corrected chi connectivity index (χ4v) is 3.74. The average molecular weight is 332 g/mol. The van der Waals surface area contributed by atoms with Gasteiger partial charge in [-0.2, -0.15) is 0 Å². The Balaban J connectivity index is 1.85. The van der Waals surface area contributed by atoms with E-state index >= 15 is 0 Å². The number of phenolic OH excluding ortho intramolecular Hbond substituents is 1. The molecular weight excluding hydrogens is 308 g/mol. The summed E-state index contributed by atoms with van der Waals surface area (Å²) >= 11 is 0. The summed E-state index contributed by atoms with van der Waals surface area (Å²) in [6.45, 7) is 4.32. The van der Waals surface area contributed by atoms with E-state index in [0.29, 0.717) is 24.4 Å². The second kappa shape index (κ2) is 6.48. The van der Waals surface area contributed by atoms with Crippen LogP contribution in [0.2, 0.25) is 0 Å². The topological polar surface area (TPSA) is 65.0 Å². The first-order valence-corrected chi connectivity index (χ1v) is 8.38. The predicted molar refractivity (Wildman–Crippen MR) is 88.8 cm³/mol. The molecule has 0 spiro atoms. The number of fused-ring (bicyclic) bond motifs is 1. The van der Waals surface area contributed by atoms with Crippen molar-refractivity contribution in [2.45, 2.75) is 38.7 Å². The Kier molecular flexibility index (Phi) is 4.54. The number of hydrogen-bond donors (Lipinski definition) is 1. The van der Waals surface area contributed by atoms with Crippen molar-refractivity contribution in [3.63, 3.8) is 0 Å². The zero-order valence-electron chi connectivity index (χ0n) is 14.4. The van der Waals surface area contributed by atoms with Gasteiger partial charge in [0.05, 0.1) is 7.11 Å². The summed E-state index contributed by atoms with van der Waals surface area (Å²) in [5, 5.41) is 9.98. The number of carbonyl (C=O) groups excluding carboxylic acids is 1. The summed E-state index contributed by atoms with van der Waals surface area (Å²) in [5.41, 5.74) is 0.444. The van der Waals surface area contributed by atoms with Gasteiger partial charge in [-0.25, -0.2) is 0 Å². The number of ether oxygens (including phenoxy) is 3. The van der Waals surface area contributed by atoms with Crippen LogP contribution in [0.25, 0.3) is 0 Å². The second-order valence-corrected chi connectivity index (χ2v) is 6.63. The Morgan fingerprint density at radius 1 is 1.46 bits per heavy atom. The summed E-state index contributed by atoms with van der Waals surface area (Å²) in [6, 6.07) is 5.42. The van der Waals surface area contributed by atoms with Gasteiger partial charge in [-0.3, -0.25) is 4.79 Å². The molecule has 24 heavy (non-hydrogen) atoms. The summed E-state index contributed by atoms with van der Waals surface area (Å²) in [6.07, 6.45) is 3.77. The van der Waals surface area contributed by atoms with Crippen LogP contribution in [0, 0.1) is 11.8 Å². The van der Waals surface area contributed by atoms with E-state index in [1.54, 1.807) is 18.2 Å². The number of ketones is 1. The van der Waals surface area contributed by atoms with Gasteiger partial charge in [0.25, 0.3) is 0 Å². The molecule has 3 rings (SSSR count). The molecule has 1 aliphatic heterocycles. The van der Waals surface area contributed by atoms with Gasteiger partial charge in [0.1, 0.15) is 11.4 Å². The maximum atomic E-state index is 12.1. The van der Waals surface area contributed by atoms with Crippen molar-refractivity contribution in [3.8, 4) is 11.5 Å². The molecule has 1 heterocycles. The fraction of sp³-hybridized carbons (Fsp3) is 0.526. The molecule has 3 atom stereocenters. The van der Waals surface area contributed by atoms with Crippen LogP contribution >= 0.6 is 0 Å². The number of allylic oxidation sites excluding steroid dienone is 1. The minimum Gasteiger partial charge on any atom is -0.504 e. The molecule has 0 aromatic heterocycles. The van der Waals surface area contributed by atoms with Gasteiger partial charge in [-0.05, 0) is 42.9 Å². The Labute approximate surface area is 142 Å². The predicted octanol–water partition coefficient (Wildman–Crippen LogP) is 3.21. The normalized spacial score (nSPS) is 27.2. The lowest BCUT2D eigenvalue weighted by molar-refractivity contribution is -0.123.